The molecular weight excluding hydrogens is 599 g/mol. The molecule has 2 saturated heterocycles. The van der Waals surface area contributed by atoms with Crippen LogP contribution < -0.4 is 11.1 Å². The number of ether oxygens (including phenoxy) is 2. The monoisotopic (exact) mass is 631 g/mol. The second-order valence-electron chi connectivity index (χ2n) is 11.3. The molecular formula is C32H33ClF3N3O5. The molecule has 0 saturated carbocycles. The first kappa shape index (κ1) is 31.8. The van der Waals surface area contributed by atoms with Crippen LogP contribution in [-0.4, -0.2) is 66.1 Å². The topological polar surface area (TPSA) is 114 Å². The lowest BCUT2D eigenvalue weighted by Crippen LogP contribution is -2.58. The number of nitrogens with two attached hydrogens (primary N) is 1. The molecule has 0 radical (unpaired) electrons. The number of anilines is 1. The minimum atomic E-state index is -1.33. The molecule has 8 nitrogen and oxygen atoms in total. The normalized spacial score (nSPS) is 19.4. The molecule has 5 rings (SSSR count). The summed E-state index contributed by atoms with van der Waals surface area (Å²) in [4.78, 5) is 26.8. The van der Waals surface area contributed by atoms with Crippen LogP contribution in [0.1, 0.15) is 41.9 Å². The smallest absolute Gasteiger partial charge is 0.407 e. The Morgan fingerprint density at radius 3 is 2.39 bits per heavy atom. The number of hydrogen-bond acceptors (Lipinski definition) is 5. The third kappa shape index (κ3) is 7.35. The average molecular weight is 632 g/mol. The zero-order valence-corrected chi connectivity index (χ0v) is 24.5. The van der Waals surface area contributed by atoms with E-state index >= 15 is 4.39 Å². The second-order valence-corrected chi connectivity index (χ2v) is 11.7. The summed E-state index contributed by atoms with van der Waals surface area (Å²) in [5, 5.41) is 12.9. The highest BCUT2D eigenvalue weighted by Crippen LogP contribution is 2.34. The lowest BCUT2D eigenvalue weighted by molar-refractivity contribution is -0.184. The lowest BCUT2D eigenvalue weighted by atomic mass is 9.84. The maximum absolute atomic E-state index is 15.2. The van der Waals surface area contributed by atoms with Gasteiger partial charge in [-0.15, -0.1) is 0 Å². The van der Waals surface area contributed by atoms with E-state index in [-0.39, 0.29) is 42.7 Å². The highest BCUT2D eigenvalue weighted by atomic mass is 35.5. The van der Waals surface area contributed by atoms with E-state index in [0.717, 1.165) is 18.2 Å². The van der Waals surface area contributed by atoms with Gasteiger partial charge in [-0.1, -0.05) is 29.8 Å². The number of benzene rings is 3. The predicted molar refractivity (Wildman–Crippen MR) is 158 cm³/mol. The van der Waals surface area contributed by atoms with Gasteiger partial charge in [0.15, 0.2) is 0 Å². The van der Waals surface area contributed by atoms with Crippen molar-refractivity contribution in [2.75, 3.05) is 31.6 Å². The predicted octanol–water partition coefficient (Wildman–Crippen LogP) is 5.72. The summed E-state index contributed by atoms with van der Waals surface area (Å²) >= 11 is 6.03. The van der Waals surface area contributed by atoms with E-state index in [4.69, 9.17) is 26.8 Å². The van der Waals surface area contributed by atoms with E-state index in [0.29, 0.717) is 36.6 Å². The highest BCUT2D eigenvalue weighted by Gasteiger charge is 2.43. The Bertz CT molecular complexity index is 1480. The van der Waals surface area contributed by atoms with Crippen LogP contribution in [0.4, 0.5) is 23.7 Å². The molecule has 0 aliphatic carbocycles. The van der Waals surface area contributed by atoms with Crippen LogP contribution in [0.5, 0.6) is 0 Å². The van der Waals surface area contributed by atoms with Gasteiger partial charge in [-0.2, -0.15) is 0 Å². The largest absolute Gasteiger partial charge is 0.465 e. The van der Waals surface area contributed by atoms with Gasteiger partial charge in [0.05, 0.1) is 30.8 Å². The molecule has 234 valence electrons. The summed E-state index contributed by atoms with van der Waals surface area (Å²) in [5.41, 5.74) is 6.80. The van der Waals surface area contributed by atoms with Crippen LogP contribution in [0.3, 0.4) is 0 Å². The molecule has 4 N–H and O–H groups in total. The average Bonchev–Trinajstić information content (AvgIpc) is 2.97. The number of rotatable bonds is 8. The molecule has 2 heterocycles. The molecule has 2 aliphatic heterocycles. The molecule has 3 aromatic rings. The first-order valence-electron chi connectivity index (χ1n) is 14.3. The fraction of sp³-hybridized carbons (Fsp3) is 0.375. The maximum Gasteiger partial charge on any atom is 0.407 e. The molecule has 2 amide bonds. The molecule has 44 heavy (non-hydrogen) atoms. The van der Waals surface area contributed by atoms with Crippen molar-refractivity contribution < 1.29 is 37.3 Å². The lowest BCUT2D eigenvalue weighted by Gasteiger charge is -2.47. The number of amides is 2. The first-order chi connectivity index (χ1) is 21.0. The Kier molecular flexibility index (Phi) is 9.79. The molecule has 2 fully saturated rings. The third-order valence-corrected chi connectivity index (χ3v) is 8.47. The SMILES string of the molecule is N[C@H](C(=O)Nc1cccc(F)c1CCC1CN(C(=O)O)CC2(CCOCC2)O1)[C@@H](c1ccc(Cl)cc1)c1cc(F)cc(F)c1. The number of nitrogens with zero attached hydrogens (tertiary/aromatic N) is 1. The van der Waals surface area contributed by atoms with Crippen LogP contribution in [-0.2, 0) is 20.7 Å². The maximum atomic E-state index is 15.2. The van der Waals surface area contributed by atoms with E-state index in [1.165, 1.54) is 23.1 Å². The van der Waals surface area contributed by atoms with Gasteiger partial charge < -0.3 is 30.5 Å². The van der Waals surface area contributed by atoms with Gasteiger partial charge in [-0.3, -0.25) is 4.79 Å². The van der Waals surface area contributed by atoms with Gasteiger partial charge >= 0.3 is 6.09 Å². The molecule has 2 aliphatic rings. The van der Waals surface area contributed by atoms with Crippen molar-refractivity contribution >= 4 is 29.3 Å². The van der Waals surface area contributed by atoms with Crippen molar-refractivity contribution in [3.05, 3.63) is 99.8 Å². The Morgan fingerprint density at radius 1 is 1.05 bits per heavy atom. The van der Waals surface area contributed by atoms with Crippen molar-refractivity contribution in [3.8, 4) is 0 Å². The number of carboxylic acid groups (broad SMARTS) is 1. The van der Waals surface area contributed by atoms with Crippen molar-refractivity contribution in [1.82, 2.24) is 4.90 Å². The number of carbonyl (C=O) groups is 2. The summed E-state index contributed by atoms with van der Waals surface area (Å²) in [6.07, 6.45) is -0.0198. The van der Waals surface area contributed by atoms with Gasteiger partial charge in [0.2, 0.25) is 5.91 Å². The van der Waals surface area contributed by atoms with Gasteiger partial charge in [0, 0.05) is 54.3 Å². The van der Waals surface area contributed by atoms with E-state index in [2.05, 4.69) is 5.32 Å². The van der Waals surface area contributed by atoms with Gasteiger partial charge in [0.25, 0.3) is 0 Å². The zero-order chi connectivity index (χ0) is 31.4. The van der Waals surface area contributed by atoms with E-state index in [1.54, 1.807) is 24.3 Å². The quantitative estimate of drug-likeness (QED) is 0.293. The number of hydrogen-bond donors (Lipinski definition) is 3. The van der Waals surface area contributed by atoms with Crippen LogP contribution in [0.2, 0.25) is 5.02 Å². The number of morpholine rings is 1. The molecule has 0 bridgehead atoms. The van der Waals surface area contributed by atoms with Crippen molar-refractivity contribution in [2.24, 2.45) is 5.73 Å². The molecule has 0 aromatic heterocycles. The number of halogens is 4. The van der Waals surface area contributed by atoms with E-state index < -0.39 is 53.1 Å². The Morgan fingerprint density at radius 2 is 1.73 bits per heavy atom. The molecule has 1 unspecified atom stereocenters. The minimum absolute atomic E-state index is 0.131. The third-order valence-electron chi connectivity index (χ3n) is 8.22. The van der Waals surface area contributed by atoms with Crippen LogP contribution in [0.25, 0.3) is 0 Å². The van der Waals surface area contributed by atoms with Crippen LogP contribution in [0.15, 0.2) is 60.7 Å². The van der Waals surface area contributed by atoms with Crippen molar-refractivity contribution in [1.29, 1.82) is 0 Å². The Labute approximate surface area is 257 Å². The fourth-order valence-electron chi connectivity index (χ4n) is 6.04. The summed E-state index contributed by atoms with van der Waals surface area (Å²) in [6.45, 7) is 1.30. The molecule has 3 atom stereocenters. The first-order valence-corrected chi connectivity index (χ1v) is 14.7. The van der Waals surface area contributed by atoms with Crippen LogP contribution in [0, 0.1) is 17.5 Å². The summed E-state index contributed by atoms with van der Waals surface area (Å²) < 4.78 is 55.4. The van der Waals surface area contributed by atoms with Gasteiger partial charge in [-0.05, 0) is 60.4 Å². The molecule has 3 aromatic carbocycles. The zero-order valence-electron chi connectivity index (χ0n) is 23.8. The van der Waals surface area contributed by atoms with Crippen molar-refractivity contribution in [3.63, 3.8) is 0 Å². The summed E-state index contributed by atoms with van der Waals surface area (Å²) in [7, 11) is 0. The summed E-state index contributed by atoms with van der Waals surface area (Å²) in [5.74, 6) is -3.87. The Balaban J connectivity index is 1.36. The fourth-order valence-corrected chi connectivity index (χ4v) is 6.16. The van der Waals surface area contributed by atoms with Gasteiger partial charge in [0.1, 0.15) is 17.5 Å². The molecule has 1 spiro atoms. The Hall–Kier alpha value is -3.64. The van der Waals surface area contributed by atoms with E-state index in [9.17, 15) is 23.5 Å². The standard InChI is InChI=1S/C32H33ClF3N3O5/c33-21-6-4-19(5-7-21)28(20-14-22(34)16-23(35)15-20)29(37)30(40)38-27-3-1-2-26(36)25(27)9-8-24-17-39(31(41)42)18-32(44-24)10-12-43-13-11-32/h1-7,14-16,24,28-29H,8-13,17-18,37H2,(H,38,40)(H,41,42)/t24?,28-,29-/m0/s1. The highest BCUT2D eigenvalue weighted by molar-refractivity contribution is 6.30. The van der Waals surface area contributed by atoms with Gasteiger partial charge in [-0.25, -0.2) is 18.0 Å². The van der Waals surface area contributed by atoms with Crippen molar-refractivity contribution in [2.45, 2.75) is 49.3 Å². The van der Waals surface area contributed by atoms with Crippen LogP contribution >= 0.6 is 11.6 Å². The van der Waals surface area contributed by atoms with E-state index in [1.807, 2.05) is 0 Å². The molecule has 12 heteroatoms. The minimum Gasteiger partial charge on any atom is -0.465 e. The summed E-state index contributed by atoms with van der Waals surface area (Å²) in [6, 6.07) is 12.3. The number of carbonyl (C=O) groups excluding carboxylic acids is 1. The second kappa shape index (κ2) is 13.6. The number of nitrogens with one attached hydrogen (secondary N) is 1.